The normalized spacial score (nSPS) is 16.2. The van der Waals surface area contributed by atoms with Gasteiger partial charge in [-0.2, -0.15) is 5.10 Å². The van der Waals surface area contributed by atoms with Crippen LogP contribution >= 0.6 is 0 Å². The fourth-order valence-electron chi connectivity index (χ4n) is 3.87. The largest absolute Gasteiger partial charge is 0.357 e. The van der Waals surface area contributed by atoms with E-state index in [0.29, 0.717) is 0 Å². The van der Waals surface area contributed by atoms with E-state index in [9.17, 15) is 0 Å². The molecule has 142 valence electrons. The summed E-state index contributed by atoms with van der Waals surface area (Å²) in [5, 5.41) is 11.3. The third-order valence-electron chi connectivity index (χ3n) is 5.44. The highest BCUT2D eigenvalue weighted by Crippen LogP contribution is 2.27. The Balaban J connectivity index is 1.73. The van der Waals surface area contributed by atoms with E-state index in [1.807, 2.05) is 11.7 Å². The molecule has 1 aliphatic carbocycles. The van der Waals surface area contributed by atoms with Crippen LogP contribution in [0.15, 0.2) is 4.99 Å². The van der Waals surface area contributed by atoms with E-state index in [4.69, 9.17) is 4.99 Å². The van der Waals surface area contributed by atoms with Crippen LogP contribution in [0.2, 0.25) is 0 Å². The highest BCUT2D eigenvalue weighted by atomic mass is 15.3. The van der Waals surface area contributed by atoms with Gasteiger partial charge in [0.15, 0.2) is 5.96 Å². The van der Waals surface area contributed by atoms with E-state index >= 15 is 0 Å². The van der Waals surface area contributed by atoms with E-state index in [-0.39, 0.29) is 0 Å². The zero-order valence-electron chi connectivity index (χ0n) is 16.7. The van der Waals surface area contributed by atoms with Crippen LogP contribution in [0.25, 0.3) is 0 Å². The number of aromatic nitrogens is 2. The molecule has 1 saturated carbocycles. The van der Waals surface area contributed by atoms with Crippen molar-refractivity contribution in [1.82, 2.24) is 20.4 Å². The van der Waals surface area contributed by atoms with Crippen LogP contribution in [0.4, 0.5) is 0 Å². The lowest BCUT2D eigenvalue weighted by molar-refractivity contribution is 0.334. The number of hydrogen-bond acceptors (Lipinski definition) is 2. The van der Waals surface area contributed by atoms with Crippen molar-refractivity contribution in [3.05, 3.63) is 17.0 Å². The second-order valence-corrected chi connectivity index (χ2v) is 7.36. The summed E-state index contributed by atoms with van der Waals surface area (Å²) in [4.78, 5) is 4.75. The first-order valence-corrected chi connectivity index (χ1v) is 10.1. The molecule has 1 heterocycles. The number of aryl methyl sites for hydroxylation is 2. The van der Waals surface area contributed by atoms with Crippen LogP contribution in [0.3, 0.4) is 0 Å². The molecule has 25 heavy (non-hydrogen) atoms. The quantitative estimate of drug-likeness (QED) is 0.430. The Bertz CT molecular complexity index is 541. The smallest absolute Gasteiger partial charge is 0.191 e. The van der Waals surface area contributed by atoms with Crippen molar-refractivity contribution in [3.8, 4) is 0 Å². The summed E-state index contributed by atoms with van der Waals surface area (Å²) >= 11 is 0. The third-order valence-corrected chi connectivity index (χ3v) is 5.44. The first-order chi connectivity index (χ1) is 12.1. The third kappa shape index (κ3) is 6.37. The van der Waals surface area contributed by atoms with Crippen molar-refractivity contribution < 1.29 is 0 Å². The zero-order chi connectivity index (χ0) is 18.1. The number of guanidine groups is 1. The first kappa shape index (κ1) is 19.8. The molecule has 5 heteroatoms. The van der Waals surface area contributed by atoms with Gasteiger partial charge in [-0.1, -0.05) is 32.1 Å². The lowest BCUT2D eigenvalue weighted by atomic mass is 9.86. The Morgan fingerprint density at radius 1 is 1.20 bits per heavy atom. The van der Waals surface area contributed by atoms with E-state index < -0.39 is 0 Å². The first-order valence-electron chi connectivity index (χ1n) is 10.1. The van der Waals surface area contributed by atoms with Gasteiger partial charge in [0.2, 0.25) is 0 Å². The predicted octanol–water partition coefficient (Wildman–Crippen LogP) is 3.50. The molecule has 1 aromatic heterocycles. The number of aliphatic imine (C=N–C) groups is 1. The van der Waals surface area contributed by atoms with Crippen molar-refractivity contribution >= 4 is 5.96 Å². The van der Waals surface area contributed by atoms with Crippen LogP contribution in [0.1, 0.15) is 68.8 Å². The molecule has 0 bridgehead atoms. The highest BCUT2D eigenvalue weighted by molar-refractivity contribution is 5.79. The standard InChI is InChI=1S/C20H37N5/c1-5-21-20(22-14-9-12-18-10-7-6-8-11-18)23-15-13-19-16(2)24-25(4)17(19)3/h18H,5-15H2,1-4H3,(H2,21,22,23). The molecular weight excluding hydrogens is 310 g/mol. The van der Waals surface area contributed by atoms with E-state index in [0.717, 1.165) is 43.6 Å². The zero-order valence-corrected chi connectivity index (χ0v) is 16.7. The number of nitrogens with one attached hydrogen (secondary N) is 2. The maximum atomic E-state index is 4.75. The van der Waals surface area contributed by atoms with Gasteiger partial charge >= 0.3 is 0 Å². The average Bonchev–Trinajstić information content (AvgIpc) is 2.85. The molecule has 0 radical (unpaired) electrons. The Kier molecular flexibility index (Phi) is 8.29. The van der Waals surface area contributed by atoms with Crippen LogP contribution in [-0.2, 0) is 13.5 Å². The molecular formula is C20H37N5. The predicted molar refractivity (Wildman–Crippen MR) is 106 cm³/mol. The van der Waals surface area contributed by atoms with Gasteiger partial charge in [0.1, 0.15) is 0 Å². The van der Waals surface area contributed by atoms with Crippen LogP contribution in [0.5, 0.6) is 0 Å². The number of hydrogen-bond donors (Lipinski definition) is 2. The van der Waals surface area contributed by atoms with Crippen molar-refractivity contribution in [2.24, 2.45) is 18.0 Å². The summed E-state index contributed by atoms with van der Waals surface area (Å²) in [6, 6.07) is 0. The second-order valence-electron chi connectivity index (χ2n) is 7.36. The molecule has 1 fully saturated rings. The Morgan fingerprint density at radius 3 is 2.60 bits per heavy atom. The fourth-order valence-corrected chi connectivity index (χ4v) is 3.87. The van der Waals surface area contributed by atoms with Gasteiger partial charge in [-0.05, 0) is 51.5 Å². The van der Waals surface area contributed by atoms with Crippen molar-refractivity contribution in [2.75, 3.05) is 19.6 Å². The SMILES string of the molecule is CCNC(=NCCCC1CCCCC1)NCCc1c(C)nn(C)c1C. The van der Waals surface area contributed by atoms with Crippen molar-refractivity contribution in [1.29, 1.82) is 0 Å². The molecule has 0 aliphatic heterocycles. The summed E-state index contributed by atoms with van der Waals surface area (Å²) in [6.07, 6.45) is 10.7. The van der Waals surface area contributed by atoms with Crippen molar-refractivity contribution in [3.63, 3.8) is 0 Å². The van der Waals surface area contributed by atoms with Crippen LogP contribution in [-0.4, -0.2) is 35.4 Å². The summed E-state index contributed by atoms with van der Waals surface area (Å²) in [5.41, 5.74) is 3.74. The van der Waals surface area contributed by atoms with Gasteiger partial charge in [0.05, 0.1) is 5.69 Å². The molecule has 1 aromatic rings. The highest BCUT2D eigenvalue weighted by Gasteiger charge is 2.12. The van der Waals surface area contributed by atoms with Gasteiger partial charge in [0.25, 0.3) is 0 Å². The van der Waals surface area contributed by atoms with E-state index in [2.05, 4.69) is 36.5 Å². The van der Waals surface area contributed by atoms with Crippen LogP contribution in [0, 0.1) is 19.8 Å². The van der Waals surface area contributed by atoms with Gasteiger partial charge < -0.3 is 10.6 Å². The fraction of sp³-hybridized carbons (Fsp3) is 0.800. The lowest BCUT2D eigenvalue weighted by Crippen LogP contribution is -2.38. The summed E-state index contributed by atoms with van der Waals surface area (Å²) in [6.45, 7) is 9.07. The average molecular weight is 348 g/mol. The molecule has 0 unspecified atom stereocenters. The lowest BCUT2D eigenvalue weighted by Gasteiger charge is -2.20. The Morgan fingerprint density at radius 2 is 1.96 bits per heavy atom. The molecule has 1 aliphatic rings. The maximum absolute atomic E-state index is 4.75. The minimum absolute atomic E-state index is 0.891. The molecule has 0 saturated heterocycles. The summed E-state index contributed by atoms with van der Waals surface area (Å²) < 4.78 is 1.97. The molecule has 0 aromatic carbocycles. The molecule has 2 N–H and O–H groups in total. The molecule has 0 amide bonds. The number of rotatable bonds is 8. The Labute approximate surface area is 153 Å². The summed E-state index contributed by atoms with van der Waals surface area (Å²) in [7, 11) is 2.01. The topological polar surface area (TPSA) is 54.2 Å². The van der Waals surface area contributed by atoms with E-state index in [1.165, 1.54) is 56.2 Å². The molecule has 0 spiro atoms. The minimum Gasteiger partial charge on any atom is -0.357 e. The van der Waals surface area contributed by atoms with Gasteiger partial charge in [-0.3, -0.25) is 9.67 Å². The molecule has 2 rings (SSSR count). The Hall–Kier alpha value is -1.52. The van der Waals surface area contributed by atoms with Gasteiger partial charge in [0, 0.05) is 32.4 Å². The van der Waals surface area contributed by atoms with Crippen LogP contribution < -0.4 is 10.6 Å². The van der Waals surface area contributed by atoms with Gasteiger partial charge in [-0.25, -0.2) is 0 Å². The molecule has 5 nitrogen and oxygen atoms in total. The molecule has 0 atom stereocenters. The van der Waals surface area contributed by atoms with Gasteiger partial charge in [-0.15, -0.1) is 0 Å². The minimum atomic E-state index is 0.891. The maximum Gasteiger partial charge on any atom is 0.191 e. The monoisotopic (exact) mass is 347 g/mol. The second kappa shape index (κ2) is 10.5. The number of nitrogens with zero attached hydrogens (tertiary/aromatic N) is 3. The van der Waals surface area contributed by atoms with Crippen molar-refractivity contribution in [2.45, 2.75) is 72.1 Å². The van der Waals surface area contributed by atoms with E-state index in [1.54, 1.807) is 0 Å². The summed E-state index contributed by atoms with van der Waals surface area (Å²) in [5.74, 6) is 1.90.